The highest BCUT2D eigenvalue weighted by molar-refractivity contribution is 5.78. The number of alkyl halides is 4. The quantitative estimate of drug-likeness (QED) is 0.259. The summed E-state index contributed by atoms with van der Waals surface area (Å²) in [6, 6.07) is 3.68. The van der Waals surface area contributed by atoms with Crippen LogP contribution < -0.4 is 9.47 Å². The molecule has 204 valence electrons. The zero-order valence-electron chi connectivity index (χ0n) is 20.2. The molecule has 3 aliphatic rings. The molecule has 38 heavy (non-hydrogen) atoms. The molecule has 0 N–H and O–H groups in total. The van der Waals surface area contributed by atoms with E-state index >= 15 is 22.0 Å². The van der Waals surface area contributed by atoms with Gasteiger partial charge in [-0.05, 0) is 55.2 Å². The Morgan fingerprint density at radius 3 is 1.95 bits per heavy atom. The lowest BCUT2D eigenvalue weighted by Gasteiger charge is -2.35. The molecule has 0 amide bonds. The van der Waals surface area contributed by atoms with Gasteiger partial charge in [-0.15, -0.1) is 0 Å². The summed E-state index contributed by atoms with van der Waals surface area (Å²) < 4.78 is 136. The van der Waals surface area contributed by atoms with E-state index in [0.29, 0.717) is 12.8 Å². The standard InChI is InChI=1S/C27H22F8O3/c1-3-5-13-6-9-16(22(29)21(13)28)25(12-37-25)38-18-11-8-15-14-7-10-17(36-4-2)23(30)19(14)26(32,33)27(34,35)20(15)24(18)31/h7-11,13H,3-6,12H2,1-2H3. The average molecular weight is 546 g/mol. The Bertz CT molecular complexity index is 1360. The van der Waals surface area contributed by atoms with E-state index in [-0.39, 0.29) is 25.2 Å². The maximum atomic E-state index is 15.5. The molecule has 0 saturated carbocycles. The molecule has 1 aliphatic heterocycles. The molecule has 1 fully saturated rings. The minimum absolute atomic E-state index is 0.108. The molecule has 2 aliphatic carbocycles. The highest BCUT2D eigenvalue weighted by Gasteiger charge is 2.66. The summed E-state index contributed by atoms with van der Waals surface area (Å²) >= 11 is 0. The van der Waals surface area contributed by atoms with Crippen molar-refractivity contribution in [3.8, 4) is 22.6 Å². The normalized spacial score (nSPS) is 24.9. The Morgan fingerprint density at radius 2 is 1.42 bits per heavy atom. The van der Waals surface area contributed by atoms with Gasteiger partial charge >= 0.3 is 11.8 Å². The van der Waals surface area contributed by atoms with Gasteiger partial charge in [-0.3, -0.25) is 0 Å². The van der Waals surface area contributed by atoms with E-state index in [1.54, 1.807) is 0 Å². The molecule has 0 radical (unpaired) electrons. The molecule has 1 heterocycles. The zero-order valence-corrected chi connectivity index (χ0v) is 20.2. The summed E-state index contributed by atoms with van der Waals surface area (Å²) in [4.78, 5) is 0. The van der Waals surface area contributed by atoms with Gasteiger partial charge in [0.2, 0.25) is 0 Å². The summed E-state index contributed by atoms with van der Waals surface area (Å²) in [7, 11) is 0. The Labute approximate surface area is 212 Å². The summed E-state index contributed by atoms with van der Waals surface area (Å²) in [5.74, 6) is -20.4. The van der Waals surface area contributed by atoms with Crippen LogP contribution in [0.5, 0.6) is 11.5 Å². The third-order valence-electron chi connectivity index (χ3n) is 6.97. The van der Waals surface area contributed by atoms with E-state index in [1.165, 1.54) is 13.0 Å². The van der Waals surface area contributed by atoms with Crippen molar-refractivity contribution in [3.05, 3.63) is 70.3 Å². The van der Waals surface area contributed by atoms with Crippen molar-refractivity contribution in [1.82, 2.24) is 0 Å². The predicted octanol–water partition coefficient (Wildman–Crippen LogP) is 8.23. The van der Waals surface area contributed by atoms with Gasteiger partial charge in [0.05, 0.1) is 23.3 Å². The number of benzene rings is 2. The third-order valence-corrected chi connectivity index (χ3v) is 6.97. The van der Waals surface area contributed by atoms with E-state index in [0.717, 1.165) is 24.3 Å². The van der Waals surface area contributed by atoms with Gasteiger partial charge in [0.25, 0.3) is 5.79 Å². The minimum atomic E-state index is -5.20. The van der Waals surface area contributed by atoms with E-state index in [1.807, 2.05) is 6.92 Å². The van der Waals surface area contributed by atoms with Crippen molar-refractivity contribution in [3.63, 3.8) is 0 Å². The van der Waals surface area contributed by atoms with E-state index in [4.69, 9.17) is 14.2 Å². The van der Waals surface area contributed by atoms with E-state index < -0.39 is 80.6 Å². The molecular weight excluding hydrogens is 524 g/mol. The van der Waals surface area contributed by atoms with Crippen molar-refractivity contribution >= 4 is 0 Å². The largest absolute Gasteiger partial charge is 0.491 e. The molecule has 0 bridgehead atoms. The fourth-order valence-electron chi connectivity index (χ4n) is 5.03. The van der Waals surface area contributed by atoms with Crippen LogP contribution in [0.3, 0.4) is 0 Å². The molecule has 0 aromatic heterocycles. The molecule has 1 saturated heterocycles. The highest BCUT2D eigenvalue weighted by atomic mass is 19.3. The van der Waals surface area contributed by atoms with Crippen molar-refractivity contribution in [2.45, 2.75) is 50.7 Å². The minimum Gasteiger partial charge on any atom is -0.491 e. The van der Waals surface area contributed by atoms with Gasteiger partial charge in [0, 0.05) is 5.92 Å². The number of hydrogen-bond acceptors (Lipinski definition) is 3. The first kappa shape index (κ1) is 26.5. The van der Waals surface area contributed by atoms with Crippen LogP contribution in [0.4, 0.5) is 35.1 Å². The fraction of sp³-hybridized carbons (Fsp3) is 0.407. The molecular formula is C27H22F8O3. The molecule has 2 aromatic carbocycles. The highest BCUT2D eigenvalue weighted by Crippen LogP contribution is 2.61. The molecule has 2 unspecified atom stereocenters. The summed E-state index contributed by atoms with van der Waals surface area (Å²) in [5, 5.41) is 0. The van der Waals surface area contributed by atoms with Gasteiger partial charge in [-0.2, -0.15) is 17.6 Å². The second kappa shape index (κ2) is 9.00. The number of fused-ring (bicyclic) bond motifs is 3. The molecule has 5 rings (SSSR count). The van der Waals surface area contributed by atoms with Crippen LogP contribution in [0.1, 0.15) is 44.2 Å². The van der Waals surface area contributed by atoms with Gasteiger partial charge in [0.1, 0.15) is 12.4 Å². The summed E-state index contributed by atoms with van der Waals surface area (Å²) in [6.45, 7) is 2.80. The average Bonchev–Trinajstić information content (AvgIpc) is 3.63. The van der Waals surface area contributed by atoms with Gasteiger partial charge < -0.3 is 14.2 Å². The van der Waals surface area contributed by atoms with Gasteiger partial charge in [-0.1, -0.05) is 19.4 Å². The monoisotopic (exact) mass is 546 g/mol. The number of ether oxygens (including phenoxy) is 3. The molecule has 3 nitrogen and oxygen atoms in total. The molecule has 2 aromatic rings. The van der Waals surface area contributed by atoms with Crippen LogP contribution in [0.2, 0.25) is 0 Å². The first-order valence-corrected chi connectivity index (χ1v) is 12.0. The summed E-state index contributed by atoms with van der Waals surface area (Å²) in [6.07, 6.45) is 2.43. The maximum absolute atomic E-state index is 15.5. The lowest BCUT2D eigenvalue weighted by Crippen LogP contribution is -2.41. The van der Waals surface area contributed by atoms with Crippen molar-refractivity contribution in [2.75, 3.05) is 13.2 Å². The van der Waals surface area contributed by atoms with Gasteiger partial charge in [-0.25, -0.2) is 17.6 Å². The number of hydrogen-bond donors (Lipinski definition) is 0. The number of halogens is 8. The lowest BCUT2D eigenvalue weighted by molar-refractivity contribution is -0.228. The summed E-state index contributed by atoms with van der Waals surface area (Å²) in [5.41, 5.74) is -5.02. The Balaban J connectivity index is 1.58. The van der Waals surface area contributed by atoms with Crippen LogP contribution in [-0.4, -0.2) is 19.0 Å². The Kier molecular flexibility index (Phi) is 6.28. The Hall–Kier alpha value is -3.08. The fourth-order valence-corrected chi connectivity index (χ4v) is 5.03. The van der Waals surface area contributed by atoms with E-state index in [9.17, 15) is 13.2 Å². The van der Waals surface area contributed by atoms with Crippen LogP contribution in [0.15, 0.2) is 47.6 Å². The van der Waals surface area contributed by atoms with E-state index in [2.05, 4.69) is 0 Å². The first-order chi connectivity index (χ1) is 17.9. The molecule has 2 atom stereocenters. The number of allylic oxidation sites excluding steroid dienone is 2. The van der Waals surface area contributed by atoms with Crippen LogP contribution in [-0.2, 0) is 16.6 Å². The van der Waals surface area contributed by atoms with Crippen LogP contribution >= 0.6 is 0 Å². The van der Waals surface area contributed by atoms with Crippen LogP contribution in [0, 0.1) is 17.6 Å². The first-order valence-electron chi connectivity index (χ1n) is 12.0. The lowest BCUT2D eigenvalue weighted by atomic mass is 9.79. The van der Waals surface area contributed by atoms with Crippen LogP contribution in [0.25, 0.3) is 11.1 Å². The smallest absolute Gasteiger partial charge is 0.343 e. The number of epoxide rings is 1. The predicted molar refractivity (Wildman–Crippen MR) is 120 cm³/mol. The molecule has 0 spiro atoms. The van der Waals surface area contributed by atoms with Gasteiger partial charge in [0.15, 0.2) is 29.0 Å². The number of rotatable bonds is 7. The van der Waals surface area contributed by atoms with Crippen molar-refractivity contribution in [2.24, 2.45) is 5.92 Å². The zero-order chi connectivity index (χ0) is 27.6. The Morgan fingerprint density at radius 1 is 0.868 bits per heavy atom. The third kappa shape index (κ3) is 3.72. The topological polar surface area (TPSA) is 31.0 Å². The van der Waals surface area contributed by atoms with Crippen molar-refractivity contribution in [1.29, 1.82) is 0 Å². The molecule has 11 heteroatoms. The SMILES string of the molecule is CCCC1CC=C(C2(Oc3ccc4c(c3F)C(F)(F)C(F)(F)c3c-4ccc(OCC)c3F)CO2)C(F)=C1F. The second-order valence-corrected chi connectivity index (χ2v) is 9.33. The second-order valence-electron chi connectivity index (χ2n) is 9.33. The maximum Gasteiger partial charge on any atom is 0.343 e. The van der Waals surface area contributed by atoms with Crippen molar-refractivity contribution < 1.29 is 49.3 Å².